The fraction of sp³-hybridized carbons (Fsp3) is 0.647. The van der Waals surface area contributed by atoms with E-state index in [4.69, 9.17) is 0 Å². The molecule has 0 aliphatic carbocycles. The molecule has 1 fully saturated rings. The van der Waals surface area contributed by atoms with E-state index in [0.717, 1.165) is 18.4 Å². The SMILES string of the molecule is CC(NC1CC(C)(C)NC(C)(C)C1)c1cc(O)cc(O)c1. The predicted molar refractivity (Wildman–Crippen MR) is 85.6 cm³/mol. The third-order valence-electron chi connectivity index (χ3n) is 4.10. The lowest BCUT2D eigenvalue weighted by Crippen LogP contribution is -2.61. The summed E-state index contributed by atoms with van der Waals surface area (Å²) in [5, 5.41) is 26.5. The molecule has 0 spiro atoms. The molecule has 21 heavy (non-hydrogen) atoms. The van der Waals surface area contributed by atoms with Gasteiger partial charge in [0.05, 0.1) is 0 Å². The highest BCUT2D eigenvalue weighted by atomic mass is 16.3. The molecule has 4 heteroatoms. The van der Waals surface area contributed by atoms with Crippen molar-refractivity contribution in [3.63, 3.8) is 0 Å². The van der Waals surface area contributed by atoms with Crippen molar-refractivity contribution in [1.82, 2.24) is 10.6 Å². The molecule has 1 aliphatic heterocycles. The van der Waals surface area contributed by atoms with Gasteiger partial charge in [0.1, 0.15) is 11.5 Å². The van der Waals surface area contributed by atoms with Gasteiger partial charge in [-0.2, -0.15) is 0 Å². The summed E-state index contributed by atoms with van der Waals surface area (Å²) in [6, 6.07) is 5.24. The number of rotatable bonds is 3. The summed E-state index contributed by atoms with van der Waals surface area (Å²) in [5.74, 6) is 0.203. The monoisotopic (exact) mass is 292 g/mol. The molecular weight excluding hydrogens is 264 g/mol. The number of nitrogens with one attached hydrogen (secondary N) is 2. The fourth-order valence-electron chi connectivity index (χ4n) is 3.76. The molecule has 1 unspecified atom stereocenters. The van der Waals surface area contributed by atoms with Gasteiger partial charge in [0.25, 0.3) is 0 Å². The number of phenolic OH excluding ortho intramolecular Hbond substituents is 2. The standard InChI is InChI=1S/C17H28N2O2/c1-11(12-6-14(20)8-15(21)7-12)18-13-9-16(2,3)19-17(4,5)10-13/h6-8,11,13,18-21H,9-10H2,1-5H3. The van der Waals surface area contributed by atoms with Gasteiger partial charge in [0, 0.05) is 29.2 Å². The molecule has 1 aliphatic rings. The highest BCUT2D eigenvalue weighted by molar-refractivity contribution is 5.38. The minimum atomic E-state index is 0.0812. The lowest BCUT2D eigenvalue weighted by Gasteiger charge is -2.47. The number of benzene rings is 1. The van der Waals surface area contributed by atoms with Crippen molar-refractivity contribution >= 4 is 0 Å². The zero-order valence-corrected chi connectivity index (χ0v) is 13.7. The topological polar surface area (TPSA) is 64.5 Å². The van der Waals surface area contributed by atoms with Crippen LogP contribution in [-0.4, -0.2) is 27.3 Å². The molecule has 1 aromatic rings. The maximum Gasteiger partial charge on any atom is 0.119 e. The van der Waals surface area contributed by atoms with Gasteiger partial charge in [0.2, 0.25) is 0 Å². The Morgan fingerprint density at radius 1 is 1.05 bits per heavy atom. The molecule has 0 radical (unpaired) electrons. The summed E-state index contributed by atoms with van der Waals surface area (Å²) in [6.07, 6.45) is 2.09. The van der Waals surface area contributed by atoms with E-state index in [-0.39, 0.29) is 28.6 Å². The Labute approximate surface area is 127 Å². The normalized spacial score (nSPS) is 22.9. The second kappa shape index (κ2) is 5.50. The molecule has 0 amide bonds. The average molecular weight is 292 g/mol. The zero-order chi connectivity index (χ0) is 15.8. The zero-order valence-electron chi connectivity index (χ0n) is 13.7. The van der Waals surface area contributed by atoms with E-state index in [1.807, 2.05) is 0 Å². The van der Waals surface area contributed by atoms with Crippen LogP contribution in [0.4, 0.5) is 0 Å². The van der Waals surface area contributed by atoms with E-state index in [0.29, 0.717) is 6.04 Å². The summed E-state index contributed by atoms with van der Waals surface area (Å²) in [4.78, 5) is 0. The van der Waals surface area contributed by atoms with Crippen molar-refractivity contribution in [3.05, 3.63) is 23.8 Å². The van der Waals surface area contributed by atoms with E-state index >= 15 is 0 Å². The van der Waals surface area contributed by atoms with Gasteiger partial charge >= 0.3 is 0 Å². The van der Waals surface area contributed by atoms with Crippen LogP contribution in [-0.2, 0) is 0 Å². The van der Waals surface area contributed by atoms with Crippen LogP contribution >= 0.6 is 0 Å². The van der Waals surface area contributed by atoms with Crippen LogP contribution in [0.3, 0.4) is 0 Å². The van der Waals surface area contributed by atoms with E-state index in [9.17, 15) is 10.2 Å². The minimum Gasteiger partial charge on any atom is -0.508 e. The Morgan fingerprint density at radius 2 is 1.52 bits per heavy atom. The fourth-order valence-corrected chi connectivity index (χ4v) is 3.76. The Morgan fingerprint density at radius 3 is 2.00 bits per heavy atom. The smallest absolute Gasteiger partial charge is 0.119 e. The highest BCUT2D eigenvalue weighted by Crippen LogP contribution is 2.31. The molecule has 4 N–H and O–H groups in total. The van der Waals surface area contributed by atoms with Crippen molar-refractivity contribution in [3.8, 4) is 11.5 Å². The molecule has 0 bridgehead atoms. The lowest BCUT2D eigenvalue weighted by atomic mass is 9.79. The second-order valence-electron chi connectivity index (χ2n) is 7.67. The number of piperidine rings is 1. The predicted octanol–water partition coefficient (Wildman–Crippen LogP) is 3.06. The van der Waals surface area contributed by atoms with Gasteiger partial charge in [0.15, 0.2) is 0 Å². The molecule has 2 rings (SSSR count). The number of aromatic hydroxyl groups is 2. The molecule has 0 aromatic heterocycles. The molecule has 1 saturated heterocycles. The van der Waals surface area contributed by atoms with Crippen LogP contribution in [0.5, 0.6) is 11.5 Å². The highest BCUT2D eigenvalue weighted by Gasteiger charge is 2.37. The summed E-state index contributed by atoms with van der Waals surface area (Å²) in [7, 11) is 0. The summed E-state index contributed by atoms with van der Waals surface area (Å²) in [5.41, 5.74) is 1.10. The third-order valence-corrected chi connectivity index (χ3v) is 4.10. The van der Waals surface area contributed by atoms with Crippen LogP contribution in [0, 0.1) is 0 Å². The largest absolute Gasteiger partial charge is 0.508 e. The van der Waals surface area contributed by atoms with Crippen LogP contribution in [0.15, 0.2) is 18.2 Å². The number of hydrogen-bond acceptors (Lipinski definition) is 4. The molecular formula is C17H28N2O2. The van der Waals surface area contributed by atoms with Gasteiger partial charge in [-0.3, -0.25) is 0 Å². The molecule has 1 atom stereocenters. The maximum atomic E-state index is 9.62. The summed E-state index contributed by atoms with van der Waals surface area (Å²) in [6.45, 7) is 11.0. The molecule has 1 heterocycles. The molecule has 4 nitrogen and oxygen atoms in total. The summed E-state index contributed by atoms with van der Waals surface area (Å²) < 4.78 is 0. The van der Waals surface area contributed by atoms with Gasteiger partial charge in [-0.1, -0.05) is 0 Å². The van der Waals surface area contributed by atoms with Gasteiger partial charge in [-0.25, -0.2) is 0 Å². The Balaban J connectivity index is 2.10. The molecule has 1 aromatic carbocycles. The Kier molecular flexibility index (Phi) is 4.22. The lowest BCUT2D eigenvalue weighted by molar-refractivity contribution is 0.141. The van der Waals surface area contributed by atoms with Crippen LogP contribution < -0.4 is 10.6 Å². The maximum absolute atomic E-state index is 9.62. The van der Waals surface area contributed by atoms with E-state index in [1.54, 1.807) is 12.1 Å². The first-order valence-corrected chi connectivity index (χ1v) is 7.65. The van der Waals surface area contributed by atoms with E-state index in [2.05, 4.69) is 45.3 Å². The van der Waals surface area contributed by atoms with Crippen LogP contribution in [0.2, 0.25) is 0 Å². The first-order valence-electron chi connectivity index (χ1n) is 7.65. The van der Waals surface area contributed by atoms with Gasteiger partial charge in [-0.05, 0) is 65.2 Å². The summed E-state index contributed by atoms with van der Waals surface area (Å²) >= 11 is 0. The van der Waals surface area contributed by atoms with Crippen molar-refractivity contribution in [2.24, 2.45) is 0 Å². The number of phenols is 2. The van der Waals surface area contributed by atoms with E-state index < -0.39 is 0 Å². The van der Waals surface area contributed by atoms with Crippen molar-refractivity contribution in [2.75, 3.05) is 0 Å². The van der Waals surface area contributed by atoms with Crippen LogP contribution in [0.25, 0.3) is 0 Å². The first kappa shape index (κ1) is 16.1. The van der Waals surface area contributed by atoms with Crippen molar-refractivity contribution in [1.29, 1.82) is 0 Å². The van der Waals surface area contributed by atoms with Gasteiger partial charge < -0.3 is 20.8 Å². The molecule has 0 saturated carbocycles. The Hall–Kier alpha value is -1.26. The minimum absolute atomic E-state index is 0.0812. The van der Waals surface area contributed by atoms with E-state index in [1.165, 1.54) is 6.07 Å². The van der Waals surface area contributed by atoms with Crippen LogP contribution in [0.1, 0.15) is 59.1 Å². The van der Waals surface area contributed by atoms with Crippen molar-refractivity contribution < 1.29 is 10.2 Å². The first-order chi connectivity index (χ1) is 9.56. The average Bonchev–Trinajstić information content (AvgIpc) is 2.22. The third kappa shape index (κ3) is 4.35. The molecule has 118 valence electrons. The number of hydrogen-bond donors (Lipinski definition) is 4. The second-order valence-corrected chi connectivity index (χ2v) is 7.67. The quantitative estimate of drug-likeness (QED) is 0.691. The van der Waals surface area contributed by atoms with Crippen molar-refractivity contribution in [2.45, 2.75) is 70.6 Å². The Bertz CT molecular complexity index is 475. The van der Waals surface area contributed by atoms with Gasteiger partial charge in [-0.15, -0.1) is 0 Å².